The van der Waals surface area contributed by atoms with E-state index in [2.05, 4.69) is 10.6 Å². The number of hydrogen-bond donors (Lipinski definition) is 2. The summed E-state index contributed by atoms with van der Waals surface area (Å²) in [5.74, 6) is -3.08. The second-order valence-electron chi connectivity index (χ2n) is 7.27. The number of amides is 2. The lowest BCUT2D eigenvalue weighted by Gasteiger charge is -2.25. The molecular weight excluding hydrogens is 378 g/mol. The lowest BCUT2D eigenvalue weighted by molar-refractivity contribution is -0.124. The maximum absolute atomic E-state index is 13.9. The molecule has 0 fully saturated rings. The minimum absolute atomic E-state index is 0.305. The van der Waals surface area contributed by atoms with Crippen molar-refractivity contribution in [3.05, 3.63) is 64.7 Å². The van der Waals surface area contributed by atoms with E-state index in [1.54, 1.807) is 27.9 Å². The molecule has 156 valence electrons. The number of carbonyl (C=O) groups is 2. The van der Waals surface area contributed by atoms with Crippen LogP contribution >= 0.6 is 0 Å². The maximum atomic E-state index is 13.9. The zero-order valence-corrected chi connectivity index (χ0v) is 17.2. The van der Waals surface area contributed by atoms with Gasteiger partial charge in [0, 0.05) is 5.56 Å². The molecule has 0 aliphatic carbocycles. The van der Waals surface area contributed by atoms with Crippen LogP contribution in [0.4, 0.5) is 8.78 Å². The van der Waals surface area contributed by atoms with Crippen molar-refractivity contribution in [1.29, 1.82) is 0 Å². The Morgan fingerprint density at radius 2 is 1.62 bits per heavy atom. The van der Waals surface area contributed by atoms with Crippen molar-refractivity contribution in [1.82, 2.24) is 10.6 Å². The van der Waals surface area contributed by atoms with Gasteiger partial charge < -0.3 is 15.4 Å². The molecule has 2 amide bonds. The topological polar surface area (TPSA) is 67.4 Å². The van der Waals surface area contributed by atoms with Gasteiger partial charge in [-0.1, -0.05) is 37.6 Å². The van der Waals surface area contributed by atoms with Gasteiger partial charge in [0.2, 0.25) is 5.91 Å². The lowest BCUT2D eigenvalue weighted by Crippen LogP contribution is -2.50. The van der Waals surface area contributed by atoms with Gasteiger partial charge in [0.1, 0.15) is 29.0 Å². The Balaban J connectivity index is 2.20. The van der Waals surface area contributed by atoms with Gasteiger partial charge in [0.05, 0.1) is 13.2 Å². The van der Waals surface area contributed by atoms with Gasteiger partial charge in [0.25, 0.3) is 5.91 Å². The summed E-state index contributed by atoms with van der Waals surface area (Å²) in [7, 11) is 1.54. The number of halogens is 2. The fraction of sp³-hybridized carbons (Fsp3) is 0.364. The van der Waals surface area contributed by atoms with Crippen LogP contribution in [0.15, 0.2) is 36.4 Å². The molecule has 2 aromatic rings. The molecule has 0 unspecified atom stereocenters. The first-order valence-electron chi connectivity index (χ1n) is 9.35. The van der Waals surface area contributed by atoms with E-state index in [1.807, 2.05) is 25.1 Å². The number of hydrogen-bond acceptors (Lipinski definition) is 3. The third kappa shape index (κ3) is 5.31. The monoisotopic (exact) mass is 404 g/mol. The van der Waals surface area contributed by atoms with E-state index >= 15 is 0 Å². The maximum Gasteiger partial charge on any atom is 0.257 e. The van der Waals surface area contributed by atoms with E-state index in [0.717, 1.165) is 23.3 Å². The second-order valence-corrected chi connectivity index (χ2v) is 7.27. The zero-order chi connectivity index (χ0) is 21.7. The highest BCUT2D eigenvalue weighted by atomic mass is 19.1. The lowest BCUT2D eigenvalue weighted by atomic mass is 10.00. The molecule has 29 heavy (non-hydrogen) atoms. The SMILES string of the molecule is COc1ccc(C)cc1[C@@H](C)NC(=O)[C@H](NC(=O)c1c(F)cccc1F)C(C)C. The van der Waals surface area contributed by atoms with E-state index < -0.39 is 41.1 Å². The van der Waals surface area contributed by atoms with Crippen molar-refractivity contribution in [2.45, 2.75) is 39.8 Å². The average molecular weight is 404 g/mol. The van der Waals surface area contributed by atoms with Gasteiger partial charge in [-0.2, -0.15) is 0 Å². The first-order valence-corrected chi connectivity index (χ1v) is 9.35. The summed E-state index contributed by atoms with van der Waals surface area (Å²) in [5.41, 5.74) is 1.08. The molecule has 0 bridgehead atoms. The first-order chi connectivity index (χ1) is 13.6. The summed E-state index contributed by atoms with van der Waals surface area (Å²) in [4.78, 5) is 25.3. The first kappa shape index (κ1) is 22.3. The minimum Gasteiger partial charge on any atom is -0.496 e. The molecule has 0 radical (unpaired) electrons. The molecule has 2 aromatic carbocycles. The Morgan fingerprint density at radius 3 is 2.17 bits per heavy atom. The molecule has 7 heteroatoms. The van der Waals surface area contributed by atoms with Crippen molar-refractivity contribution < 1.29 is 23.1 Å². The fourth-order valence-corrected chi connectivity index (χ4v) is 3.04. The second kappa shape index (κ2) is 9.49. The van der Waals surface area contributed by atoms with Crippen molar-refractivity contribution in [3.8, 4) is 5.75 Å². The molecule has 0 aromatic heterocycles. The van der Waals surface area contributed by atoms with Crippen LogP contribution in [0.3, 0.4) is 0 Å². The van der Waals surface area contributed by atoms with Crippen LogP contribution in [0.2, 0.25) is 0 Å². The summed E-state index contributed by atoms with van der Waals surface area (Å²) in [6, 6.07) is 7.41. The Morgan fingerprint density at radius 1 is 1.00 bits per heavy atom. The number of benzene rings is 2. The van der Waals surface area contributed by atoms with E-state index in [-0.39, 0.29) is 5.92 Å². The highest BCUT2D eigenvalue weighted by molar-refractivity contribution is 5.98. The number of ether oxygens (including phenoxy) is 1. The molecule has 2 N–H and O–H groups in total. The van der Waals surface area contributed by atoms with E-state index in [0.29, 0.717) is 5.75 Å². The number of rotatable bonds is 7. The summed E-state index contributed by atoms with van der Waals surface area (Å²) >= 11 is 0. The van der Waals surface area contributed by atoms with Crippen molar-refractivity contribution in [2.24, 2.45) is 5.92 Å². The summed E-state index contributed by atoms with van der Waals surface area (Å²) in [5, 5.41) is 5.29. The number of methoxy groups -OCH3 is 1. The van der Waals surface area contributed by atoms with Gasteiger partial charge in [-0.3, -0.25) is 9.59 Å². The highest BCUT2D eigenvalue weighted by Crippen LogP contribution is 2.26. The Hall–Kier alpha value is -2.96. The van der Waals surface area contributed by atoms with E-state index in [4.69, 9.17) is 4.74 Å². The van der Waals surface area contributed by atoms with Crippen LogP contribution in [0, 0.1) is 24.5 Å². The summed E-state index contributed by atoms with van der Waals surface area (Å²) < 4.78 is 33.1. The third-order valence-electron chi connectivity index (χ3n) is 4.64. The van der Waals surface area contributed by atoms with Crippen LogP contribution in [0.5, 0.6) is 5.75 Å². The van der Waals surface area contributed by atoms with Crippen molar-refractivity contribution in [2.75, 3.05) is 7.11 Å². The van der Waals surface area contributed by atoms with Gasteiger partial charge in [-0.15, -0.1) is 0 Å². The predicted molar refractivity (Wildman–Crippen MR) is 107 cm³/mol. The minimum atomic E-state index is -0.983. The molecule has 0 aliphatic rings. The van der Waals surface area contributed by atoms with Crippen molar-refractivity contribution in [3.63, 3.8) is 0 Å². The zero-order valence-electron chi connectivity index (χ0n) is 17.2. The van der Waals surface area contributed by atoms with E-state index in [9.17, 15) is 18.4 Å². The Kier molecular flexibility index (Phi) is 7.31. The molecule has 5 nitrogen and oxygen atoms in total. The Bertz CT molecular complexity index is 879. The van der Waals surface area contributed by atoms with Gasteiger partial charge in [-0.05, 0) is 38.0 Å². The van der Waals surface area contributed by atoms with Crippen molar-refractivity contribution >= 4 is 11.8 Å². The molecule has 2 rings (SSSR count). The largest absolute Gasteiger partial charge is 0.496 e. The molecule has 0 heterocycles. The molecule has 0 saturated carbocycles. The Labute approximate surface area is 169 Å². The number of nitrogens with one attached hydrogen (secondary N) is 2. The number of aryl methyl sites for hydroxylation is 1. The molecule has 0 spiro atoms. The standard InChI is InChI=1S/C22H26F2N2O3/c1-12(2)20(26-21(27)19-16(23)7-6-8-17(19)24)22(28)25-14(4)15-11-13(3)9-10-18(15)29-5/h6-12,14,20H,1-5H3,(H,25,28)(H,26,27)/t14-,20-/m1/s1. The third-order valence-corrected chi connectivity index (χ3v) is 4.64. The van der Waals surface area contributed by atoms with Crippen LogP contribution in [0.25, 0.3) is 0 Å². The molecule has 2 atom stereocenters. The quantitative estimate of drug-likeness (QED) is 0.735. The van der Waals surface area contributed by atoms with E-state index in [1.165, 1.54) is 6.07 Å². The molecule has 0 saturated heterocycles. The van der Waals surface area contributed by atoms with Crippen LogP contribution < -0.4 is 15.4 Å². The van der Waals surface area contributed by atoms with Gasteiger partial charge >= 0.3 is 0 Å². The van der Waals surface area contributed by atoms with Crippen LogP contribution in [0.1, 0.15) is 48.3 Å². The summed E-state index contributed by atoms with van der Waals surface area (Å²) in [6.45, 7) is 7.20. The number of carbonyl (C=O) groups excluding carboxylic acids is 2. The predicted octanol–water partition coefficient (Wildman–Crippen LogP) is 3.91. The average Bonchev–Trinajstić information content (AvgIpc) is 2.65. The van der Waals surface area contributed by atoms with Crippen LogP contribution in [-0.4, -0.2) is 25.0 Å². The summed E-state index contributed by atoms with van der Waals surface area (Å²) in [6.07, 6.45) is 0. The highest BCUT2D eigenvalue weighted by Gasteiger charge is 2.28. The van der Waals surface area contributed by atoms with Gasteiger partial charge in [-0.25, -0.2) is 8.78 Å². The van der Waals surface area contributed by atoms with Gasteiger partial charge in [0.15, 0.2) is 0 Å². The molecular formula is C22H26F2N2O3. The van der Waals surface area contributed by atoms with Crippen LogP contribution in [-0.2, 0) is 4.79 Å². The fourth-order valence-electron chi connectivity index (χ4n) is 3.04. The normalized spacial score (nSPS) is 13.0. The smallest absolute Gasteiger partial charge is 0.257 e. The molecule has 0 aliphatic heterocycles.